The summed E-state index contributed by atoms with van der Waals surface area (Å²) in [6.07, 6.45) is 2.33. The van der Waals surface area contributed by atoms with E-state index in [1.165, 1.54) is 18.2 Å². The average molecular weight is 481 g/mol. The lowest BCUT2D eigenvalue weighted by Crippen LogP contribution is -2.47. The summed E-state index contributed by atoms with van der Waals surface area (Å²) in [6.45, 7) is 0.476. The first-order valence-electron chi connectivity index (χ1n) is 12.1. The van der Waals surface area contributed by atoms with E-state index in [0.29, 0.717) is 12.8 Å². The zero-order valence-electron chi connectivity index (χ0n) is 19.9. The quantitative estimate of drug-likeness (QED) is 0.504. The van der Waals surface area contributed by atoms with E-state index in [1.54, 1.807) is 0 Å². The van der Waals surface area contributed by atoms with Crippen molar-refractivity contribution in [3.63, 3.8) is 0 Å². The number of carbonyl (C=O) groups is 3. The summed E-state index contributed by atoms with van der Waals surface area (Å²) >= 11 is 0. The third kappa shape index (κ3) is 5.82. The second-order valence-electron chi connectivity index (χ2n) is 9.21. The number of carbonyl (C=O) groups excluding carboxylic acids is 2. The molecule has 3 atom stereocenters. The van der Waals surface area contributed by atoms with Crippen molar-refractivity contribution in [2.45, 2.75) is 50.1 Å². The molecule has 0 heterocycles. The monoisotopic (exact) mass is 480 g/mol. The normalized spacial score (nSPS) is 19.8. The van der Waals surface area contributed by atoms with Crippen molar-refractivity contribution in [1.29, 1.82) is 0 Å². The molecular formula is C27H32N2O6. The molecule has 1 fully saturated rings. The number of hydrogen-bond donors (Lipinski definition) is 3. The van der Waals surface area contributed by atoms with Gasteiger partial charge in [0, 0.05) is 38.0 Å². The highest BCUT2D eigenvalue weighted by atomic mass is 16.5. The molecule has 2 aliphatic carbocycles. The molecular weight excluding hydrogens is 448 g/mol. The molecule has 2 aromatic carbocycles. The molecule has 8 heteroatoms. The summed E-state index contributed by atoms with van der Waals surface area (Å²) in [5.41, 5.74) is 4.64. The van der Waals surface area contributed by atoms with Crippen molar-refractivity contribution in [3.05, 3.63) is 59.7 Å². The fourth-order valence-electron chi connectivity index (χ4n) is 5.15. The second kappa shape index (κ2) is 11.4. The van der Waals surface area contributed by atoms with Crippen LogP contribution in [-0.2, 0) is 19.1 Å². The molecule has 8 nitrogen and oxygen atoms in total. The molecule has 0 saturated heterocycles. The molecule has 0 spiro atoms. The summed E-state index contributed by atoms with van der Waals surface area (Å²) in [6, 6.07) is 15.2. The molecule has 0 radical (unpaired) electrons. The van der Waals surface area contributed by atoms with Gasteiger partial charge in [-0.1, -0.05) is 55.0 Å². The maximum Gasteiger partial charge on any atom is 0.407 e. The number of rotatable bonds is 9. The predicted molar refractivity (Wildman–Crippen MR) is 130 cm³/mol. The van der Waals surface area contributed by atoms with Gasteiger partial charge in [0.2, 0.25) is 5.91 Å². The van der Waals surface area contributed by atoms with Crippen molar-refractivity contribution in [3.8, 4) is 11.1 Å². The molecule has 0 aliphatic heterocycles. The van der Waals surface area contributed by atoms with Gasteiger partial charge in [-0.25, -0.2) is 9.59 Å². The molecule has 0 bridgehead atoms. The van der Waals surface area contributed by atoms with Crippen LogP contribution < -0.4 is 10.6 Å². The Morgan fingerprint density at radius 1 is 1.03 bits per heavy atom. The Hall–Kier alpha value is -3.39. The number of nitrogens with one attached hydrogen (secondary N) is 2. The van der Waals surface area contributed by atoms with Gasteiger partial charge in [0.1, 0.15) is 12.6 Å². The van der Waals surface area contributed by atoms with Crippen LogP contribution >= 0.6 is 0 Å². The minimum atomic E-state index is -1.08. The molecule has 186 valence electrons. The minimum Gasteiger partial charge on any atom is -0.480 e. The summed E-state index contributed by atoms with van der Waals surface area (Å²) in [4.78, 5) is 36.7. The minimum absolute atomic E-state index is 0.0157. The van der Waals surface area contributed by atoms with Gasteiger partial charge < -0.3 is 25.2 Å². The number of aliphatic carboxylic acids is 1. The molecule has 1 unspecified atom stereocenters. The Bertz CT molecular complexity index is 1030. The number of hydrogen-bond acceptors (Lipinski definition) is 5. The van der Waals surface area contributed by atoms with E-state index in [9.17, 15) is 19.5 Å². The maximum atomic E-state index is 12.7. The fraction of sp³-hybridized carbons (Fsp3) is 0.444. The molecule has 0 aromatic heterocycles. The Morgan fingerprint density at radius 3 is 2.31 bits per heavy atom. The van der Waals surface area contributed by atoms with Crippen LogP contribution in [0.1, 0.15) is 49.1 Å². The molecule has 2 aliphatic rings. The second-order valence-corrected chi connectivity index (χ2v) is 9.21. The van der Waals surface area contributed by atoms with Gasteiger partial charge in [0.15, 0.2) is 0 Å². The zero-order chi connectivity index (χ0) is 24.8. The molecule has 35 heavy (non-hydrogen) atoms. The lowest BCUT2D eigenvalue weighted by molar-refractivity contribution is -0.143. The van der Waals surface area contributed by atoms with Crippen molar-refractivity contribution in [2.75, 3.05) is 20.3 Å². The SMILES string of the molecule is COCCC(NC(=O)[C@@H]1CCC[C@H](NC(=O)OCC2c3ccccc3-c3ccccc32)C1)C(=O)O. The Labute approximate surface area is 205 Å². The van der Waals surface area contributed by atoms with Gasteiger partial charge in [0.05, 0.1) is 0 Å². The van der Waals surface area contributed by atoms with Gasteiger partial charge >= 0.3 is 12.1 Å². The molecule has 2 aromatic rings. The highest BCUT2D eigenvalue weighted by Gasteiger charge is 2.32. The largest absolute Gasteiger partial charge is 0.480 e. The number of benzene rings is 2. The van der Waals surface area contributed by atoms with Crippen LogP contribution in [0.15, 0.2) is 48.5 Å². The van der Waals surface area contributed by atoms with Crippen molar-refractivity contribution in [2.24, 2.45) is 5.92 Å². The summed E-state index contributed by atoms with van der Waals surface area (Å²) in [7, 11) is 1.49. The van der Waals surface area contributed by atoms with Gasteiger partial charge in [0.25, 0.3) is 0 Å². The lowest BCUT2D eigenvalue weighted by Gasteiger charge is -2.29. The highest BCUT2D eigenvalue weighted by Crippen LogP contribution is 2.44. The average Bonchev–Trinajstić information content (AvgIpc) is 3.19. The van der Waals surface area contributed by atoms with E-state index in [4.69, 9.17) is 9.47 Å². The third-order valence-corrected chi connectivity index (χ3v) is 6.94. The molecule has 1 saturated carbocycles. The van der Waals surface area contributed by atoms with Gasteiger partial charge in [-0.05, 0) is 41.5 Å². The highest BCUT2D eigenvalue weighted by molar-refractivity contribution is 5.85. The maximum absolute atomic E-state index is 12.7. The van der Waals surface area contributed by atoms with Crippen LogP contribution in [0.25, 0.3) is 11.1 Å². The number of fused-ring (bicyclic) bond motifs is 3. The van der Waals surface area contributed by atoms with Gasteiger partial charge in [-0.15, -0.1) is 0 Å². The zero-order valence-corrected chi connectivity index (χ0v) is 19.9. The van der Waals surface area contributed by atoms with Crippen molar-refractivity contribution < 1.29 is 29.0 Å². The van der Waals surface area contributed by atoms with Crippen LogP contribution in [0.3, 0.4) is 0 Å². The van der Waals surface area contributed by atoms with E-state index < -0.39 is 18.1 Å². The summed E-state index contributed by atoms with van der Waals surface area (Å²) in [5, 5.41) is 14.9. The van der Waals surface area contributed by atoms with Crippen molar-refractivity contribution in [1.82, 2.24) is 10.6 Å². The molecule has 3 N–H and O–H groups in total. The van der Waals surface area contributed by atoms with E-state index in [2.05, 4.69) is 34.9 Å². The fourth-order valence-corrected chi connectivity index (χ4v) is 5.15. The van der Waals surface area contributed by atoms with Crippen LogP contribution in [0, 0.1) is 5.92 Å². The third-order valence-electron chi connectivity index (χ3n) is 6.94. The number of carboxylic acids is 1. The van der Waals surface area contributed by atoms with E-state index in [0.717, 1.165) is 24.0 Å². The first-order chi connectivity index (χ1) is 17.0. The standard InChI is InChI=1S/C27H32N2O6/c1-34-14-13-24(26(31)32)29-25(30)17-7-6-8-18(15-17)28-27(33)35-16-23-21-11-4-2-9-19(21)20-10-3-5-12-22(20)23/h2-5,9-12,17-18,23-24H,6-8,13-16H2,1H3,(H,28,33)(H,29,30)(H,31,32)/t17-,18+,24?/m1/s1. The molecule has 2 amide bonds. The Balaban J connectivity index is 1.30. The van der Waals surface area contributed by atoms with Gasteiger partial charge in [-0.3, -0.25) is 4.79 Å². The summed E-state index contributed by atoms with van der Waals surface area (Å²) in [5.74, 6) is -1.75. The summed E-state index contributed by atoms with van der Waals surface area (Å²) < 4.78 is 10.6. The Morgan fingerprint density at radius 2 is 1.69 bits per heavy atom. The van der Waals surface area contributed by atoms with E-state index in [-0.39, 0.29) is 43.4 Å². The van der Waals surface area contributed by atoms with Crippen molar-refractivity contribution >= 4 is 18.0 Å². The predicted octanol–water partition coefficient (Wildman–Crippen LogP) is 3.69. The van der Waals surface area contributed by atoms with Crippen LogP contribution in [0.4, 0.5) is 4.79 Å². The van der Waals surface area contributed by atoms with Gasteiger partial charge in [-0.2, -0.15) is 0 Å². The Kier molecular flexibility index (Phi) is 8.02. The van der Waals surface area contributed by atoms with E-state index in [1.807, 2.05) is 24.3 Å². The molecule has 4 rings (SSSR count). The van der Waals surface area contributed by atoms with E-state index >= 15 is 0 Å². The number of alkyl carbamates (subject to hydrolysis) is 1. The number of carboxylic acid groups (broad SMARTS) is 1. The lowest BCUT2D eigenvalue weighted by atomic mass is 9.85. The van der Waals surface area contributed by atoms with Crippen LogP contribution in [0.5, 0.6) is 0 Å². The first-order valence-corrected chi connectivity index (χ1v) is 12.1. The van der Waals surface area contributed by atoms with Crippen LogP contribution in [-0.4, -0.2) is 55.5 Å². The topological polar surface area (TPSA) is 114 Å². The van der Waals surface area contributed by atoms with Crippen LogP contribution in [0.2, 0.25) is 0 Å². The number of ether oxygens (including phenoxy) is 2. The first kappa shape index (κ1) is 24.7. The smallest absolute Gasteiger partial charge is 0.407 e. The number of amides is 2. The number of methoxy groups -OCH3 is 1.